The predicted octanol–water partition coefficient (Wildman–Crippen LogP) is 3.61. The highest BCUT2D eigenvalue weighted by Gasteiger charge is 2.44. The number of ether oxygens (including phenoxy) is 2. The zero-order valence-electron chi connectivity index (χ0n) is 12.7. The van der Waals surface area contributed by atoms with E-state index in [1.165, 1.54) is 19.3 Å². The predicted molar refractivity (Wildman–Crippen MR) is 85.3 cm³/mol. The quantitative estimate of drug-likeness (QED) is 0.862. The van der Waals surface area contributed by atoms with Gasteiger partial charge in [0.05, 0.1) is 5.60 Å². The zero-order valence-corrected chi connectivity index (χ0v) is 13.6. The Morgan fingerprint density at radius 3 is 2.38 bits per heavy atom. The fourth-order valence-electron chi connectivity index (χ4n) is 3.81. The Labute approximate surface area is 131 Å². The third kappa shape index (κ3) is 3.00. The van der Waals surface area contributed by atoms with Crippen LogP contribution >= 0.6 is 11.8 Å². The van der Waals surface area contributed by atoms with Gasteiger partial charge in [-0.15, -0.1) is 0 Å². The van der Waals surface area contributed by atoms with Crippen molar-refractivity contribution in [3.05, 3.63) is 35.4 Å². The molecule has 2 fully saturated rings. The van der Waals surface area contributed by atoms with Crippen molar-refractivity contribution in [1.82, 2.24) is 0 Å². The van der Waals surface area contributed by atoms with E-state index in [4.69, 9.17) is 9.47 Å². The number of methoxy groups -OCH3 is 2. The van der Waals surface area contributed by atoms with Gasteiger partial charge in [-0.2, -0.15) is 11.8 Å². The zero-order chi connectivity index (χ0) is 14.9. The van der Waals surface area contributed by atoms with Gasteiger partial charge in [0.1, 0.15) is 0 Å². The molecule has 116 valence electrons. The molecular formula is C17H24O3S. The van der Waals surface area contributed by atoms with E-state index in [1.807, 2.05) is 24.3 Å². The smallest absolute Gasteiger partial charge is 0.183 e. The first kappa shape index (κ1) is 15.3. The summed E-state index contributed by atoms with van der Waals surface area (Å²) in [6.07, 6.45) is 5.02. The van der Waals surface area contributed by atoms with Crippen LogP contribution in [0, 0.1) is 0 Å². The normalized spacial score (nSPS) is 32.4. The fourth-order valence-corrected chi connectivity index (χ4v) is 5.71. The molecule has 0 aliphatic carbocycles. The van der Waals surface area contributed by atoms with Gasteiger partial charge < -0.3 is 14.6 Å². The first-order chi connectivity index (χ1) is 10.2. The van der Waals surface area contributed by atoms with E-state index in [-0.39, 0.29) is 0 Å². The molecule has 3 rings (SSSR count). The molecule has 0 amide bonds. The van der Waals surface area contributed by atoms with Crippen molar-refractivity contribution in [1.29, 1.82) is 0 Å². The Balaban J connectivity index is 1.95. The van der Waals surface area contributed by atoms with Gasteiger partial charge in [-0.3, -0.25) is 0 Å². The molecule has 4 heteroatoms. The van der Waals surface area contributed by atoms with Crippen LogP contribution in [0.4, 0.5) is 0 Å². The fraction of sp³-hybridized carbons (Fsp3) is 0.647. The molecule has 0 spiro atoms. The van der Waals surface area contributed by atoms with Crippen LogP contribution in [0.3, 0.4) is 0 Å². The lowest BCUT2D eigenvalue weighted by atomic mass is 9.78. The minimum absolute atomic E-state index is 0.417. The summed E-state index contributed by atoms with van der Waals surface area (Å²) in [7, 11) is 3.28. The second-order valence-corrected chi connectivity index (χ2v) is 7.75. The number of hydrogen-bond acceptors (Lipinski definition) is 4. The van der Waals surface area contributed by atoms with Crippen LogP contribution in [-0.4, -0.2) is 29.8 Å². The third-order valence-corrected chi connectivity index (χ3v) is 6.29. The molecule has 0 saturated carbocycles. The van der Waals surface area contributed by atoms with E-state index in [1.54, 1.807) is 14.2 Å². The third-order valence-electron chi connectivity index (χ3n) is 4.71. The van der Waals surface area contributed by atoms with Gasteiger partial charge in [0.15, 0.2) is 6.29 Å². The van der Waals surface area contributed by atoms with Crippen molar-refractivity contribution >= 4 is 11.8 Å². The van der Waals surface area contributed by atoms with Crippen molar-refractivity contribution in [3.63, 3.8) is 0 Å². The lowest BCUT2D eigenvalue weighted by molar-refractivity contribution is -0.109. The lowest BCUT2D eigenvalue weighted by Gasteiger charge is -2.45. The maximum absolute atomic E-state index is 11.3. The molecule has 21 heavy (non-hydrogen) atoms. The summed E-state index contributed by atoms with van der Waals surface area (Å²) in [4.78, 5) is 0. The molecule has 1 aromatic carbocycles. The Bertz CT molecular complexity index is 475. The number of benzene rings is 1. The molecule has 3 nitrogen and oxygen atoms in total. The van der Waals surface area contributed by atoms with Crippen LogP contribution in [0.2, 0.25) is 0 Å². The van der Waals surface area contributed by atoms with E-state index in [0.29, 0.717) is 10.5 Å². The minimum atomic E-state index is -0.743. The van der Waals surface area contributed by atoms with E-state index in [2.05, 4.69) is 11.8 Å². The number of fused-ring (bicyclic) bond motifs is 2. The second-order valence-electron chi connectivity index (χ2n) is 6.14. The average Bonchev–Trinajstić information content (AvgIpc) is 2.48. The van der Waals surface area contributed by atoms with Crippen molar-refractivity contribution in [2.45, 2.75) is 54.5 Å². The Morgan fingerprint density at radius 1 is 1.14 bits per heavy atom. The summed E-state index contributed by atoms with van der Waals surface area (Å²) in [5.41, 5.74) is 1.19. The van der Waals surface area contributed by atoms with Crippen LogP contribution in [-0.2, 0) is 15.1 Å². The van der Waals surface area contributed by atoms with Crippen molar-refractivity contribution in [3.8, 4) is 0 Å². The second kappa shape index (κ2) is 6.29. The van der Waals surface area contributed by atoms with Gasteiger partial charge >= 0.3 is 0 Å². The molecule has 2 saturated heterocycles. The summed E-state index contributed by atoms with van der Waals surface area (Å²) >= 11 is 2.07. The van der Waals surface area contributed by atoms with E-state index in [0.717, 1.165) is 24.0 Å². The van der Waals surface area contributed by atoms with Crippen LogP contribution in [0.25, 0.3) is 0 Å². The van der Waals surface area contributed by atoms with E-state index < -0.39 is 11.9 Å². The summed E-state index contributed by atoms with van der Waals surface area (Å²) in [6.45, 7) is 0. The molecule has 0 radical (unpaired) electrons. The summed E-state index contributed by atoms with van der Waals surface area (Å²) < 4.78 is 10.8. The Hall–Kier alpha value is -0.550. The van der Waals surface area contributed by atoms with Gasteiger partial charge in [0.25, 0.3) is 0 Å². The molecule has 2 aliphatic heterocycles. The topological polar surface area (TPSA) is 38.7 Å². The van der Waals surface area contributed by atoms with Crippen LogP contribution in [0.5, 0.6) is 0 Å². The maximum Gasteiger partial charge on any atom is 0.183 e. The maximum atomic E-state index is 11.3. The molecule has 1 N–H and O–H groups in total. The number of thioether (sulfide) groups is 1. The Kier molecular flexibility index (Phi) is 4.60. The first-order valence-corrected chi connectivity index (χ1v) is 8.63. The van der Waals surface area contributed by atoms with Crippen molar-refractivity contribution in [2.75, 3.05) is 14.2 Å². The van der Waals surface area contributed by atoms with E-state index in [9.17, 15) is 5.11 Å². The highest BCUT2D eigenvalue weighted by atomic mass is 32.2. The van der Waals surface area contributed by atoms with Crippen LogP contribution in [0.1, 0.15) is 49.5 Å². The van der Waals surface area contributed by atoms with Gasteiger partial charge in [-0.25, -0.2) is 0 Å². The standard InChI is InChI=1S/C17H24O3S/c1-19-16(20-2)14-8-3-4-9-15(14)17(18)10-12-6-5-7-13(11-17)21-12/h3-4,8-9,12-13,16,18H,5-7,10-11H2,1-2H3. The first-order valence-electron chi connectivity index (χ1n) is 7.69. The summed E-state index contributed by atoms with van der Waals surface area (Å²) in [5, 5.41) is 12.5. The molecule has 1 aromatic rings. The monoisotopic (exact) mass is 308 g/mol. The van der Waals surface area contributed by atoms with Gasteiger partial charge in [-0.1, -0.05) is 30.7 Å². The molecule has 2 atom stereocenters. The van der Waals surface area contributed by atoms with Crippen molar-refractivity contribution in [2.24, 2.45) is 0 Å². The number of hydrogen-bond donors (Lipinski definition) is 1. The number of aliphatic hydroxyl groups is 1. The van der Waals surface area contributed by atoms with Crippen LogP contribution < -0.4 is 0 Å². The van der Waals surface area contributed by atoms with Gasteiger partial charge in [-0.05, 0) is 31.2 Å². The Morgan fingerprint density at radius 2 is 1.76 bits per heavy atom. The molecule has 2 unspecified atom stereocenters. The SMILES string of the molecule is COC(OC)c1ccccc1C1(O)CC2CCCC(C1)S2. The highest BCUT2D eigenvalue weighted by Crippen LogP contribution is 2.50. The van der Waals surface area contributed by atoms with E-state index >= 15 is 0 Å². The number of rotatable bonds is 4. The summed E-state index contributed by atoms with van der Waals surface area (Å²) in [5.74, 6) is 0. The average molecular weight is 308 g/mol. The van der Waals surface area contributed by atoms with Crippen molar-refractivity contribution < 1.29 is 14.6 Å². The molecular weight excluding hydrogens is 284 g/mol. The highest BCUT2D eigenvalue weighted by molar-refractivity contribution is 8.00. The molecule has 0 aromatic heterocycles. The largest absolute Gasteiger partial charge is 0.385 e. The minimum Gasteiger partial charge on any atom is -0.385 e. The summed E-state index contributed by atoms with van der Waals surface area (Å²) in [6, 6.07) is 8.01. The lowest BCUT2D eigenvalue weighted by Crippen LogP contribution is -2.41. The molecule has 2 heterocycles. The molecule has 2 bridgehead atoms. The molecule has 2 aliphatic rings. The van der Waals surface area contributed by atoms with Crippen LogP contribution in [0.15, 0.2) is 24.3 Å². The van der Waals surface area contributed by atoms with Gasteiger partial charge in [0, 0.05) is 30.3 Å². The van der Waals surface area contributed by atoms with Gasteiger partial charge in [0.2, 0.25) is 0 Å².